The van der Waals surface area contributed by atoms with Gasteiger partial charge in [0, 0.05) is 0 Å². The molecule has 6 heteroatoms. The van der Waals surface area contributed by atoms with Crippen molar-refractivity contribution in [3.05, 3.63) is 21.9 Å². The Bertz CT molecular complexity index is 433. The van der Waals surface area contributed by atoms with Crippen molar-refractivity contribution in [1.29, 1.82) is 0 Å². The Hall–Kier alpha value is -1.14. The maximum Gasteiger partial charge on any atom is 0.339 e. The molecule has 1 rings (SSSR count). The van der Waals surface area contributed by atoms with Gasteiger partial charge >= 0.3 is 5.97 Å². The van der Waals surface area contributed by atoms with Crippen molar-refractivity contribution >= 4 is 33.0 Å². The normalized spacial score (nSPS) is 9.31. The Morgan fingerprint density at radius 3 is 2.85 bits per heavy atom. The molecule has 0 atom stereocenters. The van der Waals surface area contributed by atoms with Gasteiger partial charge in [-0.3, -0.25) is 0 Å². The fourth-order valence-electron chi connectivity index (χ4n) is 0.778. The van der Waals surface area contributed by atoms with E-state index in [0.29, 0.717) is 4.88 Å². The van der Waals surface area contributed by atoms with Crippen molar-refractivity contribution in [2.75, 3.05) is 7.11 Å². The van der Waals surface area contributed by atoms with Crippen molar-refractivity contribution in [2.24, 2.45) is 0 Å². The van der Waals surface area contributed by atoms with Crippen molar-refractivity contribution in [2.45, 2.75) is 0 Å². The summed E-state index contributed by atoms with van der Waals surface area (Å²) < 4.78 is 25.1. The molecule has 0 radical (unpaired) electrons. The lowest BCUT2D eigenvalue weighted by Gasteiger charge is -1.94. The number of ether oxygens (including phenoxy) is 1. The molecule has 0 aliphatic rings. The van der Waals surface area contributed by atoms with E-state index in [1.807, 2.05) is 0 Å². The van der Waals surface area contributed by atoms with Crippen LogP contribution >= 0.6 is 11.3 Å². The number of hydrogen-bond donors (Lipinski definition) is 0. The minimum atomic E-state index is -2.30. The molecule has 0 fully saturated rings. The average molecular weight is 218 g/mol. The number of methoxy groups -OCH3 is 1. The van der Waals surface area contributed by atoms with E-state index in [0.717, 1.165) is 5.37 Å². The van der Waals surface area contributed by atoms with Gasteiger partial charge in [-0.15, -0.1) is 11.3 Å². The lowest BCUT2D eigenvalue weighted by molar-refractivity contribution is 0.0601. The monoisotopic (exact) mass is 218 g/mol. The summed E-state index contributed by atoms with van der Waals surface area (Å²) in [7, 11) is -1.05. The summed E-state index contributed by atoms with van der Waals surface area (Å²) in [5.41, 5.74) is 0.275. The van der Waals surface area contributed by atoms with Gasteiger partial charge in [0.25, 0.3) is 0 Å². The van der Waals surface area contributed by atoms with Crippen molar-refractivity contribution < 1.29 is 17.9 Å². The first kappa shape index (κ1) is 9.94. The molecule has 0 spiro atoms. The van der Waals surface area contributed by atoms with E-state index < -0.39 is 16.3 Å². The molecule has 1 aromatic rings. The van der Waals surface area contributed by atoms with E-state index in [9.17, 15) is 13.2 Å². The molecular formula is C7H6O4S2. The standard InChI is InChI=1S/C7H6O4S2/c1-11-7(8)5-2-3-12-6(5)4-13(9)10/h2-4H,1H3. The summed E-state index contributed by atoms with van der Waals surface area (Å²) in [6, 6.07) is 1.52. The minimum Gasteiger partial charge on any atom is -0.465 e. The van der Waals surface area contributed by atoms with Gasteiger partial charge in [-0.05, 0) is 11.4 Å². The van der Waals surface area contributed by atoms with Gasteiger partial charge in [-0.1, -0.05) is 0 Å². The highest BCUT2D eigenvalue weighted by atomic mass is 32.2. The van der Waals surface area contributed by atoms with E-state index in [1.54, 1.807) is 5.38 Å². The zero-order chi connectivity index (χ0) is 9.84. The second-order valence-corrected chi connectivity index (χ2v) is 3.77. The molecule has 0 saturated heterocycles. The molecule has 0 unspecified atom stereocenters. The van der Waals surface area contributed by atoms with Crippen LogP contribution in [0.3, 0.4) is 0 Å². The molecule has 0 N–H and O–H groups in total. The van der Waals surface area contributed by atoms with Crippen LogP contribution in [0.25, 0.3) is 0 Å². The minimum absolute atomic E-state index is 0.275. The maximum atomic E-state index is 11.0. The van der Waals surface area contributed by atoms with Gasteiger partial charge in [0.15, 0.2) is 0 Å². The number of thiophene rings is 1. The molecule has 13 heavy (non-hydrogen) atoms. The lowest BCUT2D eigenvalue weighted by atomic mass is 10.3. The summed E-state index contributed by atoms with van der Waals surface area (Å²) in [4.78, 5) is 11.4. The number of hydrogen-bond acceptors (Lipinski definition) is 5. The molecule has 0 amide bonds. The van der Waals surface area contributed by atoms with Gasteiger partial charge in [-0.25, -0.2) is 4.79 Å². The SMILES string of the molecule is COC(=O)c1ccsc1C=S(=O)=O. The summed E-state index contributed by atoms with van der Waals surface area (Å²) in [5.74, 6) is -0.530. The van der Waals surface area contributed by atoms with Crippen LogP contribution in [0.15, 0.2) is 11.4 Å². The van der Waals surface area contributed by atoms with E-state index in [1.165, 1.54) is 24.5 Å². The number of carbonyl (C=O) groups is 1. The van der Waals surface area contributed by atoms with Crippen LogP contribution in [-0.4, -0.2) is 26.9 Å². The van der Waals surface area contributed by atoms with Crippen LogP contribution in [0.4, 0.5) is 0 Å². The van der Waals surface area contributed by atoms with E-state index in [-0.39, 0.29) is 5.56 Å². The topological polar surface area (TPSA) is 60.4 Å². The van der Waals surface area contributed by atoms with Crippen LogP contribution in [0.1, 0.15) is 15.2 Å². The Kier molecular flexibility index (Phi) is 3.21. The van der Waals surface area contributed by atoms with Gasteiger partial charge in [0.2, 0.25) is 10.3 Å². The van der Waals surface area contributed by atoms with Crippen molar-refractivity contribution in [3.63, 3.8) is 0 Å². The summed E-state index contributed by atoms with van der Waals surface area (Å²) in [6.07, 6.45) is 0. The van der Waals surface area contributed by atoms with Crippen molar-refractivity contribution in [3.8, 4) is 0 Å². The van der Waals surface area contributed by atoms with Crippen molar-refractivity contribution in [1.82, 2.24) is 0 Å². The Labute approximate surface area is 80.3 Å². The Morgan fingerprint density at radius 2 is 2.31 bits per heavy atom. The third-order valence-corrected chi connectivity index (χ3v) is 2.74. The molecule has 0 aliphatic heterocycles. The fraction of sp³-hybridized carbons (Fsp3) is 0.143. The first-order chi connectivity index (χ1) is 6.15. The highest BCUT2D eigenvalue weighted by Crippen LogP contribution is 2.14. The molecule has 0 aromatic carbocycles. The molecule has 0 bridgehead atoms. The van der Waals surface area contributed by atoms with Crippen LogP contribution in [0.2, 0.25) is 0 Å². The Balaban J connectivity index is 3.17. The summed E-state index contributed by atoms with van der Waals surface area (Å²) in [6.45, 7) is 0. The largest absolute Gasteiger partial charge is 0.465 e. The lowest BCUT2D eigenvalue weighted by Crippen LogP contribution is -2.02. The third kappa shape index (κ3) is 2.40. The van der Waals surface area contributed by atoms with Crippen LogP contribution < -0.4 is 0 Å². The zero-order valence-corrected chi connectivity index (χ0v) is 8.31. The third-order valence-electron chi connectivity index (χ3n) is 1.30. The zero-order valence-electron chi connectivity index (χ0n) is 6.68. The molecule has 1 heterocycles. The second kappa shape index (κ2) is 4.20. The highest BCUT2D eigenvalue weighted by molar-refractivity contribution is 7.72. The van der Waals surface area contributed by atoms with Crippen LogP contribution in [0.5, 0.6) is 0 Å². The molecule has 0 aliphatic carbocycles. The Morgan fingerprint density at radius 1 is 1.62 bits per heavy atom. The first-order valence-corrected chi connectivity index (χ1v) is 5.25. The van der Waals surface area contributed by atoms with E-state index in [4.69, 9.17) is 0 Å². The maximum absolute atomic E-state index is 11.0. The smallest absolute Gasteiger partial charge is 0.339 e. The predicted octanol–water partition coefficient (Wildman–Crippen LogP) is 0.564. The summed E-state index contributed by atoms with van der Waals surface area (Å²) in [5, 5.41) is 2.61. The van der Waals surface area contributed by atoms with Gasteiger partial charge in [-0.2, -0.15) is 8.42 Å². The summed E-state index contributed by atoms with van der Waals surface area (Å²) >= 11 is 1.17. The predicted molar refractivity (Wildman–Crippen MR) is 49.7 cm³/mol. The van der Waals surface area contributed by atoms with E-state index >= 15 is 0 Å². The number of carbonyl (C=O) groups excluding carboxylic acids is 1. The van der Waals surface area contributed by atoms with Crippen LogP contribution in [0, 0.1) is 0 Å². The molecule has 1 aromatic heterocycles. The fourth-order valence-corrected chi connectivity index (χ4v) is 2.17. The molecule has 0 saturated carbocycles. The van der Waals surface area contributed by atoms with Gasteiger partial charge < -0.3 is 4.74 Å². The van der Waals surface area contributed by atoms with E-state index in [2.05, 4.69) is 4.74 Å². The van der Waals surface area contributed by atoms with Gasteiger partial charge in [0.05, 0.1) is 22.9 Å². The quantitative estimate of drug-likeness (QED) is 0.537. The van der Waals surface area contributed by atoms with Gasteiger partial charge in [0.1, 0.15) is 0 Å². The molecular weight excluding hydrogens is 212 g/mol. The second-order valence-electron chi connectivity index (χ2n) is 2.07. The number of esters is 1. The number of rotatable bonds is 2. The molecule has 4 nitrogen and oxygen atoms in total. The average Bonchev–Trinajstić information content (AvgIpc) is 2.50. The first-order valence-electron chi connectivity index (χ1n) is 3.24. The molecule has 70 valence electrons. The van der Waals surface area contributed by atoms with Crippen LogP contribution in [-0.2, 0) is 15.0 Å². The highest BCUT2D eigenvalue weighted by Gasteiger charge is 2.11.